The number of carbonyl (C=O) groups is 1. The molecule has 2 nitrogen and oxygen atoms in total. The van der Waals surface area contributed by atoms with Crippen LogP contribution in [0, 0.1) is 0 Å². The van der Waals surface area contributed by atoms with Crippen molar-refractivity contribution in [3.8, 4) is 0 Å². The lowest BCUT2D eigenvalue weighted by atomic mass is 10.1. The number of allylic oxidation sites excluding steroid dienone is 3. The van der Waals surface area contributed by atoms with Gasteiger partial charge in [-0.05, 0) is 57.4 Å². The molecular formula is C18H23ClO2. The van der Waals surface area contributed by atoms with Crippen LogP contribution in [0.5, 0.6) is 0 Å². The fourth-order valence-electron chi connectivity index (χ4n) is 1.79. The third-order valence-electron chi connectivity index (χ3n) is 3.03. The van der Waals surface area contributed by atoms with Gasteiger partial charge in [0.25, 0.3) is 0 Å². The molecule has 0 radical (unpaired) electrons. The normalized spacial score (nSPS) is 11.1. The molecule has 0 aliphatic heterocycles. The second-order valence-electron chi connectivity index (χ2n) is 5.36. The molecule has 0 fully saturated rings. The Morgan fingerprint density at radius 3 is 2.43 bits per heavy atom. The molecule has 0 saturated carbocycles. The van der Waals surface area contributed by atoms with Gasteiger partial charge in [0.1, 0.15) is 6.61 Å². The van der Waals surface area contributed by atoms with Crippen molar-refractivity contribution < 1.29 is 9.53 Å². The van der Waals surface area contributed by atoms with Gasteiger partial charge < -0.3 is 4.74 Å². The molecule has 0 saturated heterocycles. The lowest BCUT2D eigenvalue weighted by molar-refractivity contribution is -0.141. The maximum Gasteiger partial charge on any atom is 0.310 e. The fraction of sp³-hybridized carbons (Fsp3) is 0.389. The summed E-state index contributed by atoms with van der Waals surface area (Å²) in [5, 5.41) is 0.669. The monoisotopic (exact) mass is 306 g/mol. The van der Waals surface area contributed by atoms with E-state index in [1.807, 2.05) is 18.2 Å². The van der Waals surface area contributed by atoms with Crippen molar-refractivity contribution in [3.63, 3.8) is 0 Å². The predicted octanol–water partition coefficient (Wildman–Crippen LogP) is 5.12. The van der Waals surface area contributed by atoms with E-state index in [1.165, 1.54) is 11.1 Å². The molecule has 0 amide bonds. The summed E-state index contributed by atoms with van der Waals surface area (Å²) in [6.45, 7) is 6.59. The van der Waals surface area contributed by atoms with Crippen molar-refractivity contribution in [2.45, 2.75) is 40.0 Å². The van der Waals surface area contributed by atoms with Gasteiger partial charge in [-0.1, -0.05) is 41.0 Å². The van der Waals surface area contributed by atoms with Gasteiger partial charge in [0.15, 0.2) is 0 Å². The first-order chi connectivity index (χ1) is 9.97. The highest BCUT2D eigenvalue weighted by atomic mass is 35.5. The SMILES string of the molecule is CC(C)=CCC/C(C)=C\COC(=O)Cc1ccc(Cl)cc1. The second-order valence-corrected chi connectivity index (χ2v) is 5.79. The van der Waals surface area contributed by atoms with E-state index in [9.17, 15) is 4.79 Å². The Balaban J connectivity index is 2.29. The van der Waals surface area contributed by atoms with Crippen LogP contribution in [0.25, 0.3) is 0 Å². The molecular weight excluding hydrogens is 284 g/mol. The molecule has 0 heterocycles. The Morgan fingerprint density at radius 2 is 1.81 bits per heavy atom. The van der Waals surface area contributed by atoms with Crippen LogP contribution in [0.1, 0.15) is 39.2 Å². The van der Waals surface area contributed by atoms with Crippen LogP contribution in [0.2, 0.25) is 5.02 Å². The lowest BCUT2D eigenvalue weighted by Gasteiger charge is -2.04. The van der Waals surface area contributed by atoms with E-state index in [0.717, 1.165) is 18.4 Å². The number of ether oxygens (including phenoxy) is 1. The summed E-state index contributed by atoms with van der Waals surface area (Å²) >= 11 is 5.80. The first-order valence-corrected chi connectivity index (χ1v) is 7.54. The smallest absolute Gasteiger partial charge is 0.310 e. The van der Waals surface area contributed by atoms with Crippen molar-refractivity contribution >= 4 is 17.6 Å². The van der Waals surface area contributed by atoms with Gasteiger partial charge in [-0.2, -0.15) is 0 Å². The lowest BCUT2D eigenvalue weighted by Crippen LogP contribution is -2.08. The van der Waals surface area contributed by atoms with Crippen molar-refractivity contribution in [3.05, 3.63) is 58.1 Å². The summed E-state index contributed by atoms with van der Waals surface area (Å²) in [4.78, 5) is 11.7. The van der Waals surface area contributed by atoms with Gasteiger partial charge in [0, 0.05) is 5.02 Å². The summed E-state index contributed by atoms with van der Waals surface area (Å²) in [5.74, 6) is -0.217. The zero-order valence-corrected chi connectivity index (χ0v) is 13.7. The first kappa shape index (κ1) is 17.5. The summed E-state index contributed by atoms with van der Waals surface area (Å²) in [7, 11) is 0. The number of esters is 1. The molecule has 1 aromatic rings. The van der Waals surface area contributed by atoms with Gasteiger partial charge in [-0.3, -0.25) is 4.79 Å². The van der Waals surface area contributed by atoms with Crippen molar-refractivity contribution in [1.29, 1.82) is 0 Å². The molecule has 0 N–H and O–H groups in total. The molecule has 1 aromatic carbocycles. The maximum absolute atomic E-state index is 11.7. The molecule has 0 aliphatic carbocycles. The third kappa shape index (κ3) is 8.36. The molecule has 21 heavy (non-hydrogen) atoms. The molecule has 0 aliphatic rings. The van der Waals surface area contributed by atoms with Gasteiger partial charge in [-0.15, -0.1) is 0 Å². The zero-order valence-electron chi connectivity index (χ0n) is 13.0. The van der Waals surface area contributed by atoms with E-state index in [0.29, 0.717) is 11.6 Å². The van der Waals surface area contributed by atoms with Crippen LogP contribution in [0.15, 0.2) is 47.6 Å². The third-order valence-corrected chi connectivity index (χ3v) is 3.28. The van der Waals surface area contributed by atoms with Crippen LogP contribution in [0.3, 0.4) is 0 Å². The van der Waals surface area contributed by atoms with Gasteiger partial charge in [0.2, 0.25) is 0 Å². The van der Waals surface area contributed by atoms with E-state index < -0.39 is 0 Å². The number of hydrogen-bond acceptors (Lipinski definition) is 2. The molecule has 0 bridgehead atoms. The van der Waals surface area contributed by atoms with Crippen molar-refractivity contribution in [2.75, 3.05) is 6.61 Å². The van der Waals surface area contributed by atoms with Crippen LogP contribution >= 0.6 is 11.6 Å². The largest absolute Gasteiger partial charge is 0.461 e. The summed E-state index contributed by atoms with van der Waals surface area (Å²) in [5.41, 5.74) is 3.48. The average Bonchev–Trinajstić information content (AvgIpc) is 2.41. The minimum Gasteiger partial charge on any atom is -0.461 e. The second kappa shape index (κ2) is 9.41. The molecule has 1 rings (SSSR count). The molecule has 0 atom stereocenters. The van der Waals surface area contributed by atoms with E-state index in [4.69, 9.17) is 16.3 Å². The minimum absolute atomic E-state index is 0.217. The first-order valence-electron chi connectivity index (χ1n) is 7.16. The summed E-state index contributed by atoms with van der Waals surface area (Å²) in [6.07, 6.45) is 6.49. The number of carbonyl (C=O) groups excluding carboxylic acids is 1. The number of hydrogen-bond donors (Lipinski definition) is 0. The summed E-state index contributed by atoms with van der Waals surface area (Å²) < 4.78 is 5.21. The highest BCUT2D eigenvalue weighted by molar-refractivity contribution is 6.30. The number of rotatable bonds is 7. The topological polar surface area (TPSA) is 26.3 Å². The Morgan fingerprint density at radius 1 is 1.14 bits per heavy atom. The molecule has 0 spiro atoms. The van der Waals surface area contributed by atoms with Crippen LogP contribution in [0.4, 0.5) is 0 Å². The highest BCUT2D eigenvalue weighted by Crippen LogP contribution is 2.10. The molecule has 3 heteroatoms. The van der Waals surface area contributed by atoms with E-state index in [2.05, 4.69) is 26.8 Å². The predicted molar refractivity (Wildman–Crippen MR) is 88.5 cm³/mol. The molecule has 114 valence electrons. The number of benzene rings is 1. The number of halogens is 1. The highest BCUT2D eigenvalue weighted by Gasteiger charge is 2.03. The Labute approximate surface area is 132 Å². The molecule has 0 unspecified atom stereocenters. The van der Waals surface area contributed by atoms with Crippen LogP contribution < -0.4 is 0 Å². The summed E-state index contributed by atoms with van der Waals surface area (Å²) in [6, 6.07) is 7.23. The van der Waals surface area contributed by atoms with Crippen LogP contribution in [-0.2, 0) is 16.0 Å². The Kier molecular flexibility index (Phi) is 7.84. The van der Waals surface area contributed by atoms with Gasteiger partial charge in [0.05, 0.1) is 6.42 Å². The zero-order chi connectivity index (χ0) is 15.7. The van der Waals surface area contributed by atoms with Crippen molar-refractivity contribution in [2.24, 2.45) is 0 Å². The molecule has 0 aromatic heterocycles. The standard InChI is InChI=1S/C18H23ClO2/c1-14(2)5-4-6-15(3)11-12-21-18(20)13-16-7-9-17(19)10-8-16/h5,7-11H,4,6,12-13H2,1-3H3/b15-11-. The van der Waals surface area contributed by atoms with E-state index in [-0.39, 0.29) is 12.4 Å². The maximum atomic E-state index is 11.7. The average molecular weight is 307 g/mol. The minimum atomic E-state index is -0.217. The Bertz CT molecular complexity index is 509. The van der Waals surface area contributed by atoms with Gasteiger partial charge >= 0.3 is 5.97 Å². The van der Waals surface area contributed by atoms with Crippen molar-refractivity contribution in [1.82, 2.24) is 0 Å². The van der Waals surface area contributed by atoms with E-state index in [1.54, 1.807) is 12.1 Å². The van der Waals surface area contributed by atoms with E-state index >= 15 is 0 Å². The van der Waals surface area contributed by atoms with Gasteiger partial charge in [-0.25, -0.2) is 0 Å². The Hall–Kier alpha value is -1.54. The fourth-order valence-corrected chi connectivity index (χ4v) is 1.91. The van der Waals surface area contributed by atoms with Crippen LogP contribution in [-0.4, -0.2) is 12.6 Å². The quantitative estimate of drug-likeness (QED) is 0.516.